The summed E-state index contributed by atoms with van der Waals surface area (Å²) in [4.78, 5) is 2.42. The maximum Gasteiger partial charge on any atom is 0.119 e. The summed E-state index contributed by atoms with van der Waals surface area (Å²) < 4.78 is 5.89. The van der Waals surface area contributed by atoms with Crippen LogP contribution in [-0.2, 0) is 6.54 Å². The molecule has 1 heterocycles. The fourth-order valence-electron chi connectivity index (χ4n) is 2.30. The van der Waals surface area contributed by atoms with E-state index < -0.39 is 0 Å². The van der Waals surface area contributed by atoms with E-state index in [1.165, 1.54) is 5.56 Å². The van der Waals surface area contributed by atoms with Gasteiger partial charge in [-0.15, -0.1) is 0 Å². The predicted molar refractivity (Wildman–Crippen MR) is 88.7 cm³/mol. The molecule has 0 spiro atoms. The van der Waals surface area contributed by atoms with E-state index in [-0.39, 0.29) is 5.54 Å². The predicted octanol–water partition coefficient (Wildman–Crippen LogP) is 3.22. The fraction of sp³-hybridized carbons (Fsp3) is 0.556. The molecule has 0 atom stereocenters. The molecule has 116 valence electrons. The van der Waals surface area contributed by atoms with Crippen LogP contribution in [0.3, 0.4) is 0 Å². The largest absolute Gasteiger partial charge is 0.492 e. The zero-order valence-electron chi connectivity index (χ0n) is 13.6. The Balaban J connectivity index is 1.76. The normalized spacial score (nSPS) is 16.1. The maximum absolute atomic E-state index is 5.89. The smallest absolute Gasteiger partial charge is 0.119 e. The molecule has 2 rings (SSSR count). The molecule has 1 aliphatic rings. The Labute approximate surface area is 129 Å². The van der Waals surface area contributed by atoms with Gasteiger partial charge in [0.05, 0.1) is 0 Å². The zero-order chi connectivity index (χ0) is 15.1. The number of hydrogen-bond donors (Lipinski definition) is 1. The highest BCUT2D eigenvalue weighted by Crippen LogP contribution is 2.14. The summed E-state index contributed by atoms with van der Waals surface area (Å²) in [7, 11) is 0. The SMILES string of the molecule is CC(C)(C)NCc1cccc(OCCN2CC=CCC2)c1. The number of nitrogens with zero attached hydrogens (tertiary/aromatic N) is 1. The Morgan fingerprint density at radius 1 is 1.24 bits per heavy atom. The van der Waals surface area contributed by atoms with Crippen molar-refractivity contribution in [2.24, 2.45) is 0 Å². The van der Waals surface area contributed by atoms with Crippen molar-refractivity contribution in [3.63, 3.8) is 0 Å². The van der Waals surface area contributed by atoms with Crippen LogP contribution in [0.5, 0.6) is 5.75 Å². The van der Waals surface area contributed by atoms with Crippen molar-refractivity contribution in [2.45, 2.75) is 39.3 Å². The van der Waals surface area contributed by atoms with Gasteiger partial charge in [-0.2, -0.15) is 0 Å². The van der Waals surface area contributed by atoms with Crippen LogP contribution in [0.25, 0.3) is 0 Å². The van der Waals surface area contributed by atoms with Crippen LogP contribution >= 0.6 is 0 Å². The number of ether oxygens (including phenoxy) is 1. The standard InChI is InChI=1S/C18H28N2O/c1-18(2,3)19-15-16-8-7-9-17(14-16)21-13-12-20-10-5-4-6-11-20/h4-5,7-9,14,19H,6,10-13,15H2,1-3H3. The van der Waals surface area contributed by atoms with E-state index in [4.69, 9.17) is 4.74 Å². The van der Waals surface area contributed by atoms with E-state index in [9.17, 15) is 0 Å². The second-order valence-corrected chi connectivity index (χ2v) is 6.66. The Morgan fingerprint density at radius 2 is 2.10 bits per heavy atom. The fourth-order valence-corrected chi connectivity index (χ4v) is 2.30. The third kappa shape index (κ3) is 6.32. The first-order chi connectivity index (χ1) is 10.0. The highest BCUT2D eigenvalue weighted by molar-refractivity contribution is 5.28. The summed E-state index contributed by atoms with van der Waals surface area (Å²) in [5, 5.41) is 3.50. The lowest BCUT2D eigenvalue weighted by Gasteiger charge is -2.23. The minimum atomic E-state index is 0.138. The van der Waals surface area contributed by atoms with E-state index in [1.807, 2.05) is 6.07 Å². The number of hydrogen-bond acceptors (Lipinski definition) is 3. The van der Waals surface area contributed by atoms with Gasteiger partial charge in [-0.1, -0.05) is 24.3 Å². The molecule has 3 heteroatoms. The Morgan fingerprint density at radius 3 is 2.81 bits per heavy atom. The molecule has 1 aliphatic heterocycles. The van der Waals surface area contributed by atoms with Crippen molar-refractivity contribution in [1.29, 1.82) is 0 Å². The first-order valence-electron chi connectivity index (χ1n) is 7.87. The molecule has 1 aromatic rings. The van der Waals surface area contributed by atoms with Gasteiger partial charge in [0.25, 0.3) is 0 Å². The number of nitrogens with one attached hydrogen (secondary N) is 1. The minimum absolute atomic E-state index is 0.138. The van der Waals surface area contributed by atoms with Gasteiger partial charge in [0.2, 0.25) is 0 Å². The van der Waals surface area contributed by atoms with Crippen LogP contribution in [0.15, 0.2) is 36.4 Å². The first kappa shape index (κ1) is 16.1. The van der Waals surface area contributed by atoms with Crippen molar-refractivity contribution >= 4 is 0 Å². The summed E-state index contributed by atoms with van der Waals surface area (Å²) in [6.45, 7) is 11.4. The Hall–Kier alpha value is -1.32. The highest BCUT2D eigenvalue weighted by atomic mass is 16.5. The molecule has 0 saturated carbocycles. The van der Waals surface area contributed by atoms with Crippen molar-refractivity contribution < 1.29 is 4.74 Å². The van der Waals surface area contributed by atoms with Crippen molar-refractivity contribution in [3.05, 3.63) is 42.0 Å². The quantitative estimate of drug-likeness (QED) is 0.814. The van der Waals surface area contributed by atoms with Crippen LogP contribution in [0.2, 0.25) is 0 Å². The van der Waals surface area contributed by atoms with E-state index in [0.29, 0.717) is 0 Å². The van der Waals surface area contributed by atoms with E-state index in [1.54, 1.807) is 0 Å². The highest BCUT2D eigenvalue weighted by Gasteiger charge is 2.09. The molecule has 0 amide bonds. The second kappa shape index (κ2) is 7.62. The average molecular weight is 288 g/mol. The molecule has 0 aliphatic carbocycles. The van der Waals surface area contributed by atoms with E-state index in [0.717, 1.165) is 45.0 Å². The van der Waals surface area contributed by atoms with Gasteiger partial charge in [0.15, 0.2) is 0 Å². The maximum atomic E-state index is 5.89. The van der Waals surface area contributed by atoms with Gasteiger partial charge in [-0.05, 0) is 44.9 Å². The molecule has 3 nitrogen and oxygen atoms in total. The van der Waals surface area contributed by atoms with Gasteiger partial charge in [0, 0.05) is 31.7 Å². The van der Waals surface area contributed by atoms with E-state index in [2.05, 4.69) is 61.3 Å². The lowest BCUT2D eigenvalue weighted by atomic mass is 10.1. The molecular weight excluding hydrogens is 260 g/mol. The Kier molecular flexibility index (Phi) is 5.83. The lowest BCUT2D eigenvalue weighted by Crippen LogP contribution is -2.35. The minimum Gasteiger partial charge on any atom is -0.492 e. The molecule has 0 unspecified atom stereocenters. The monoisotopic (exact) mass is 288 g/mol. The van der Waals surface area contributed by atoms with Crippen LogP contribution in [0.4, 0.5) is 0 Å². The van der Waals surface area contributed by atoms with Crippen LogP contribution in [0.1, 0.15) is 32.8 Å². The van der Waals surface area contributed by atoms with Gasteiger partial charge in [-0.25, -0.2) is 0 Å². The number of rotatable bonds is 6. The second-order valence-electron chi connectivity index (χ2n) is 6.66. The third-order valence-electron chi connectivity index (χ3n) is 3.54. The molecule has 1 aromatic carbocycles. The third-order valence-corrected chi connectivity index (χ3v) is 3.54. The summed E-state index contributed by atoms with van der Waals surface area (Å²) >= 11 is 0. The molecule has 0 saturated heterocycles. The van der Waals surface area contributed by atoms with Gasteiger partial charge in [0.1, 0.15) is 12.4 Å². The summed E-state index contributed by atoms with van der Waals surface area (Å²) in [5.41, 5.74) is 1.40. The van der Waals surface area contributed by atoms with Gasteiger partial charge < -0.3 is 10.1 Å². The zero-order valence-corrected chi connectivity index (χ0v) is 13.6. The molecule has 1 N–H and O–H groups in total. The van der Waals surface area contributed by atoms with Crippen LogP contribution in [0, 0.1) is 0 Å². The van der Waals surface area contributed by atoms with Crippen LogP contribution in [-0.4, -0.2) is 36.7 Å². The van der Waals surface area contributed by atoms with Crippen molar-refractivity contribution in [1.82, 2.24) is 10.2 Å². The lowest BCUT2D eigenvalue weighted by molar-refractivity contribution is 0.220. The summed E-state index contributed by atoms with van der Waals surface area (Å²) in [6.07, 6.45) is 5.65. The summed E-state index contributed by atoms with van der Waals surface area (Å²) in [5.74, 6) is 0.968. The molecule has 21 heavy (non-hydrogen) atoms. The number of benzene rings is 1. The van der Waals surface area contributed by atoms with Crippen molar-refractivity contribution in [3.8, 4) is 5.75 Å². The molecule has 0 radical (unpaired) electrons. The molecule has 0 fully saturated rings. The molecule has 0 bridgehead atoms. The van der Waals surface area contributed by atoms with E-state index >= 15 is 0 Å². The molecule has 0 aromatic heterocycles. The van der Waals surface area contributed by atoms with Gasteiger partial charge in [-0.3, -0.25) is 4.90 Å². The van der Waals surface area contributed by atoms with Crippen LogP contribution < -0.4 is 10.1 Å². The summed E-state index contributed by atoms with van der Waals surface area (Å²) in [6, 6.07) is 8.38. The van der Waals surface area contributed by atoms with Crippen molar-refractivity contribution in [2.75, 3.05) is 26.2 Å². The Bertz CT molecular complexity index is 463. The average Bonchev–Trinajstić information content (AvgIpc) is 2.46. The first-order valence-corrected chi connectivity index (χ1v) is 7.87. The molecular formula is C18H28N2O. The topological polar surface area (TPSA) is 24.5 Å². The van der Waals surface area contributed by atoms with Gasteiger partial charge >= 0.3 is 0 Å².